The van der Waals surface area contributed by atoms with E-state index in [0.717, 1.165) is 26.2 Å². The number of carbonyl (C=O) groups excluding carboxylic acids is 1. The van der Waals surface area contributed by atoms with Gasteiger partial charge in [-0.25, -0.2) is 4.79 Å². The van der Waals surface area contributed by atoms with Crippen molar-refractivity contribution in [1.82, 2.24) is 15.5 Å². The molecule has 94 valence electrons. The van der Waals surface area contributed by atoms with E-state index in [9.17, 15) is 4.79 Å². The molecule has 0 spiro atoms. The van der Waals surface area contributed by atoms with Crippen molar-refractivity contribution in [2.24, 2.45) is 0 Å². The summed E-state index contributed by atoms with van der Waals surface area (Å²) in [5.74, 6) is 0. The summed E-state index contributed by atoms with van der Waals surface area (Å²) < 4.78 is 0. The van der Waals surface area contributed by atoms with Crippen LogP contribution in [0.15, 0.2) is 12.1 Å². The highest BCUT2D eigenvalue weighted by Crippen LogP contribution is 2.21. The highest BCUT2D eigenvalue weighted by Gasteiger charge is 2.18. The molecule has 1 saturated heterocycles. The van der Waals surface area contributed by atoms with Crippen molar-refractivity contribution in [3.63, 3.8) is 0 Å². The van der Waals surface area contributed by atoms with Gasteiger partial charge in [-0.1, -0.05) is 0 Å². The lowest BCUT2D eigenvalue weighted by molar-refractivity contribution is 0.217. The predicted octanol–water partition coefficient (Wildman–Crippen LogP) is 1.73. The first-order chi connectivity index (χ1) is 8.16. The summed E-state index contributed by atoms with van der Waals surface area (Å²) in [5.41, 5.74) is 0. The molecule has 4 nitrogen and oxygen atoms in total. The van der Waals surface area contributed by atoms with Crippen LogP contribution >= 0.6 is 11.3 Å². The zero-order valence-electron chi connectivity index (χ0n) is 10.3. The average molecular weight is 253 g/mol. The molecule has 2 rings (SSSR count). The lowest BCUT2D eigenvalue weighted by atomic mass is 10.2. The minimum Gasteiger partial charge on any atom is -0.336 e. The Labute approximate surface area is 106 Å². The maximum absolute atomic E-state index is 11.3. The van der Waals surface area contributed by atoms with Crippen molar-refractivity contribution in [1.29, 1.82) is 0 Å². The molecule has 0 saturated carbocycles. The molecule has 0 radical (unpaired) electrons. The number of carbonyl (C=O) groups is 1. The molecule has 1 aromatic heterocycles. The van der Waals surface area contributed by atoms with Crippen molar-refractivity contribution in [2.75, 3.05) is 26.2 Å². The number of rotatable bonds is 5. The quantitative estimate of drug-likeness (QED) is 0.839. The Morgan fingerprint density at radius 3 is 3.00 bits per heavy atom. The van der Waals surface area contributed by atoms with E-state index in [1.807, 2.05) is 16.2 Å². The van der Waals surface area contributed by atoms with Crippen LogP contribution in [-0.2, 0) is 0 Å². The molecule has 2 N–H and O–H groups in total. The predicted molar refractivity (Wildman–Crippen MR) is 70.4 cm³/mol. The van der Waals surface area contributed by atoms with Crippen molar-refractivity contribution in [3.05, 3.63) is 21.9 Å². The molecular formula is C12H19N3OS. The Balaban J connectivity index is 1.73. The number of amides is 2. The zero-order valence-corrected chi connectivity index (χ0v) is 11.1. The molecule has 1 atom stereocenters. The van der Waals surface area contributed by atoms with Gasteiger partial charge in [-0.2, -0.15) is 0 Å². The number of nitrogens with zero attached hydrogens (tertiary/aromatic N) is 1. The van der Waals surface area contributed by atoms with Crippen molar-refractivity contribution in [3.8, 4) is 0 Å². The first-order valence-electron chi connectivity index (χ1n) is 5.99. The minimum atomic E-state index is 0.0615. The second kappa shape index (κ2) is 5.51. The topological polar surface area (TPSA) is 44.4 Å². The van der Waals surface area contributed by atoms with Crippen LogP contribution in [0.1, 0.15) is 22.7 Å². The van der Waals surface area contributed by atoms with E-state index >= 15 is 0 Å². The van der Waals surface area contributed by atoms with Crippen LogP contribution in [0.25, 0.3) is 0 Å². The maximum atomic E-state index is 11.3. The lowest BCUT2D eigenvalue weighted by Crippen LogP contribution is -2.35. The summed E-state index contributed by atoms with van der Waals surface area (Å²) in [6.45, 7) is 7.50. The third kappa shape index (κ3) is 3.20. The number of hydrogen-bond donors (Lipinski definition) is 2. The van der Waals surface area contributed by atoms with Crippen LogP contribution in [-0.4, -0.2) is 37.1 Å². The van der Waals surface area contributed by atoms with Gasteiger partial charge in [0.15, 0.2) is 0 Å². The number of urea groups is 1. The third-order valence-corrected chi connectivity index (χ3v) is 4.15. The molecule has 0 bridgehead atoms. The van der Waals surface area contributed by atoms with E-state index in [1.54, 1.807) is 0 Å². The van der Waals surface area contributed by atoms with Crippen LogP contribution in [0.5, 0.6) is 0 Å². The molecule has 1 fully saturated rings. The smallest absolute Gasteiger partial charge is 0.317 e. The number of aryl methyl sites for hydroxylation is 1. The fourth-order valence-corrected chi connectivity index (χ4v) is 2.83. The largest absolute Gasteiger partial charge is 0.336 e. The van der Waals surface area contributed by atoms with Gasteiger partial charge in [-0.05, 0) is 26.0 Å². The van der Waals surface area contributed by atoms with E-state index in [2.05, 4.69) is 36.6 Å². The molecule has 1 aromatic rings. The van der Waals surface area contributed by atoms with Gasteiger partial charge in [0.2, 0.25) is 0 Å². The molecule has 2 heterocycles. The molecule has 1 aliphatic rings. The second-order valence-corrected chi connectivity index (χ2v) is 5.66. The number of nitrogens with one attached hydrogen (secondary N) is 2. The fraction of sp³-hybridized carbons (Fsp3) is 0.583. The molecule has 2 amide bonds. The Morgan fingerprint density at radius 2 is 2.41 bits per heavy atom. The first kappa shape index (κ1) is 12.4. The van der Waals surface area contributed by atoms with Crippen LogP contribution in [0.2, 0.25) is 0 Å². The zero-order chi connectivity index (χ0) is 12.3. The Morgan fingerprint density at radius 1 is 1.59 bits per heavy atom. The van der Waals surface area contributed by atoms with E-state index in [4.69, 9.17) is 0 Å². The third-order valence-electron chi connectivity index (χ3n) is 2.97. The summed E-state index contributed by atoms with van der Waals surface area (Å²) in [7, 11) is 0. The van der Waals surface area contributed by atoms with E-state index in [-0.39, 0.29) is 6.03 Å². The standard InChI is InChI=1S/C12H19N3OS/c1-9-3-4-11(17-9)10(2)13-5-7-15-8-6-14-12(15)16/h3-4,10,13H,5-8H2,1-2H3,(H,14,16). The van der Waals surface area contributed by atoms with Gasteiger partial charge >= 0.3 is 6.03 Å². The molecule has 1 unspecified atom stereocenters. The van der Waals surface area contributed by atoms with Gasteiger partial charge in [-0.15, -0.1) is 11.3 Å². The van der Waals surface area contributed by atoms with E-state index in [0.29, 0.717) is 6.04 Å². The highest BCUT2D eigenvalue weighted by atomic mass is 32.1. The summed E-state index contributed by atoms with van der Waals surface area (Å²) in [6.07, 6.45) is 0. The van der Waals surface area contributed by atoms with Crippen LogP contribution in [0.3, 0.4) is 0 Å². The van der Waals surface area contributed by atoms with Gasteiger partial charge in [0.1, 0.15) is 0 Å². The van der Waals surface area contributed by atoms with Crippen LogP contribution in [0, 0.1) is 6.92 Å². The van der Waals surface area contributed by atoms with Gasteiger partial charge in [-0.3, -0.25) is 0 Å². The molecule has 0 aliphatic carbocycles. The number of hydrogen-bond acceptors (Lipinski definition) is 3. The molecule has 0 aromatic carbocycles. The fourth-order valence-electron chi connectivity index (χ4n) is 1.93. The van der Waals surface area contributed by atoms with Crippen LogP contribution < -0.4 is 10.6 Å². The maximum Gasteiger partial charge on any atom is 0.317 e. The van der Waals surface area contributed by atoms with Crippen molar-refractivity contribution < 1.29 is 4.79 Å². The molecule has 1 aliphatic heterocycles. The van der Waals surface area contributed by atoms with Crippen molar-refractivity contribution >= 4 is 17.4 Å². The molecule has 5 heteroatoms. The van der Waals surface area contributed by atoms with E-state index < -0.39 is 0 Å². The van der Waals surface area contributed by atoms with Gasteiger partial charge in [0.05, 0.1) is 0 Å². The molecule has 17 heavy (non-hydrogen) atoms. The normalized spacial score (nSPS) is 17.3. The van der Waals surface area contributed by atoms with Gasteiger partial charge < -0.3 is 15.5 Å². The Bertz CT molecular complexity index is 391. The summed E-state index contributed by atoms with van der Waals surface area (Å²) in [5, 5.41) is 6.25. The Hall–Kier alpha value is -1.07. The first-order valence-corrected chi connectivity index (χ1v) is 6.81. The van der Waals surface area contributed by atoms with Gasteiger partial charge in [0.25, 0.3) is 0 Å². The average Bonchev–Trinajstić information content (AvgIpc) is 2.88. The van der Waals surface area contributed by atoms with Crippen LogP contribution in [0.4, 0.5) is 4.79 Å². The Kier molecular flexibility index (Phi) is 4.02. The summed E-state index contributed by atoms with van der Waals surface area (Å²) in [6, 6.07) is 4.73. The minimum absolute atomic E-state index is 0.0615. The van der Waals surface area contributed by atoms with Crippen molar-refractivity contribution in [2.45, 2.75) is 19.9 Å². The highest BCUT2D eigenvalue weighted by molar-refractivity contribution is 7.12. The van der Waals surface area contributed by atoms with Gasteiger partial charge in [0, 0.05) is 42.0 Å². The lowest BCUT2D eigenvalue weighted by Gasteiger charge is -2.17. The SMILES string of the molecule is Cc1ccc(C(C)NCCN2CCNC2=O)s1. The van der Waals surface area contributed by atoms with E-state index in [1.165, 1.54) is 9.75 Å². The summed E-state index contributed by atoms with van der Waals surface area (Å²) >= 11 is 1.82. The molecular weight excluding hydrogens is 234 g/mol. The second-order valence-electron chi connectivity index (χ2n) is 4.34. The number of thiophene rings is 1. The monoisotopic (exact) mass is 253 g/mol. The summed E-state index contributed by atoms with van der Waals surface area (Å²) in [4.78, 5) is 15.9.